The van der Waals surface area contributed by atoms with E-state index in [1.807, 2.05) is 0 Å². The Morgan fingerprint density at radius 2 is 1.43 bits per heavy atom. The van der Waals surface area contributed by atoms with Crippen molar-refractivity contribution in [1.82, 2.24) is 0 Å². The Balaban J connectivity index is 0.000000211. The van der Waals surface area contributed by atoms with Crippen LogP contribution in [0.5, 0.6) is 0 Å². The van der Waals surface area contributed by atoms with E-state index in [0.717, 1.165) is 0 Å². The summed E-state index contributed by atoms with van der Waals surface area (Å²) in [5, 5.41) is 0.233. The number of Topliss-reactive ketones (excluding diaryl/α,β-unsaturated/α-hetero) is 2. The molecule has 0 radical (unpaired) electrons. The average molecular weight is 355 g/mol. The molecular formula is C16H13BrF2O2. The first kappa shape index (κ1) is 17.2. The van der Waals surface area contributed by atoms with Crippen LogP contribution in [0.25, 0.3) is 0 Å². The van der Waals surface area contributed by atoms with Crippen molar-refractivity contribution >= 4 is 27.5 Å². The highest BCUT2D eigenvalue weighted by atomic mass is 79.9. The lowest BCUT2D eigenvalue weighted by Crippen LogP contribution is -1.99. The Kier molecular flexibility index (Phi) is 6.88. The van der Waals surface area contributed by atoms with Gasteiger partial charge >= 0.3 is 0 Å². The molecule has 5 heteroatoms. The Morgan fingerprint density at radius 3 is 1.81 bits per heavy atom. The summed E-state index contributed by atoms with van der Waals surface area (Å²) in [5.74, 6) is -0.964. The molecule has 0 aromatic heterocycles. The SMILES string of the molecule is CC(=O)c1cccc(F)c1.O=C(CBr)c1cccc(F)c1. The largest absolute Gasteiger partial charge is 0.295 e. The predicted molar refractivity (Wildman–Crippen MR) is 80.9 cm³/mol. The fourth-order valence-electron chi connectivity index (χ4n) is 1.45. The highest BCUT2D eigenvalue weighted by Gasteiger charge is 2.03. The van der Waals surface area contributed by atoms with Crippen LogP contribution >= 0.6 is 15.9 Å². The van der Waals surface area contributed by atoms with Crippen molar-refractivity contribution in [3.63, 3.8) is 0 Å². The van der Waals surface area contributed by atoms with E-state index < -0.39 is 0 Å². The molecule has 2 aromatic carbocycles. The number of carbonyl (C=O) groups excluding carboxylic acids is 2. The minimum Gasteiger partial charge on any atom is -0.295 e. The molecule has 110 valence electrons. The van der Waals surface area contributed by atoms with Crippen molar-refractivity contribution in [2.24, 2.45) is 0 Å². The summed E-state index contributed by atoms with van der Waals surface area (Å²) in [7, 11) is 0. The lowest BCUT2D eigenvalue weighted by atomic mass is 10.1. The molecule has 0 saturated heterocycles. The Bertz CT molecular complexity index is 642. The molecule has 0 spiro atoms. The molecule has 2 nitrogen and oxygen atoms in total. The summed E-state index contributed by atoms with van der Waals surface area (Å²) >= 11 is 3.00. The second kappa shape index (κ2) is 8.42. The Morgan fingerprint density at radius 1 is 0.952 bits per heavy atom. The Labute approximate surface area is 129 Å². The van der Waals surface area contributed by atoms with E-state index in [1.165, 1.54) is 43.3 Å². The summed E-state index contributed by atoms with van der Waals surface area (Å²) < 4.78 is 24.9. The van der Waals surface area contributed by atoms with Gasteiger partial charge in [0.1, 0.15) is 11.6 Å². The molecule has 2 aromatic rings. The van der Waals surface area contributed by atoms with Gasteiger partial charge in [-0.05, 0) is 31.2 Å². The third-order valence-corrected chi connectivity index (χ3v) is 3.01. The molecule has 0 amide bonds. The van der Waals surface area contributed by atoms with Gasteiger partial charge in [0.2, 0.25) is 0 Å². The maximum absolute atomic E-state index is 12.5. The van der Waals surface area contributed by atoms with Crippen molar-refractivity contribution in [3.05, 3.63) is 71.3 Å². The van der Waals surface area contributed by atoms with Crippen LogP contribution in [0.1, 0.15) is 27.6 Å². The zero-order valence-electron chi connectivity index (χ0n) is 11.3. The minimum absolute atomic E-state index is 0.107. The van der Waals surface area contributed by atoms with E-state index in [2.05, 4.69) is 15.9 Å². The first-order valence-electron chi connectivity index (χ1n) is 6.05. The first-order valence-corrected chi connectivity index (χ1v) is 7.17. The highest BCUT2D eigenvalue weighted by Crippen LogP contribution is 2.05. The molecule has 0 unspecified atom stereocenters. The van der Waals surface area contributed by atoms with Crippen molar-refractivity contribution in [1.29, 1.82) is 0 Å². The fraction of sp³-hybridized carbons (Fsp3) is 0.125. The molecule has 21 heavy (non-hydrogen) atoms. The molecule has 0 bridgehead atoms. The number of benzene rings is 2. The average Bonchev–Trinajstić information content (AvgIpc) is 2.47. The van der Waals surface area contributed by atoms with Crippen LogP contribution in [0.4, 0.5) is 8.78 Å². The number of ketones is 2. The van der Waals surface area contributed by atoms with Gasteiger partial charge in [-0.25, -0.2) is 8.78 Å². The number of alkyl halides is 1. The Hall–Kier alpha value is -1.88. The molecule has 0 heterocycles. The third-order valence-electron chi connectivity index (χ3n) is 2.50. The van der Waals surface area contributed by atoms with E-state index in [4.69, 9.17) is 0 Å². The summed E-state index contributed by atoms with van der Waals surface area (Å²) in [4.78, 5) is 21.6. The van der Waals surface area contributed by atoms with Gasteiger partial charge in [0, 0.05) is 11.1 Å². The smallest absolute Gasteiger partial charge is 0.173 e. The van der Waals surface area contributed by atoms with Crippen LogP contribution in [-0.2, 0) is 0 Å². The van der Waals surface area contributed by atoms with Gasteiger partial charge in [0.15, 0.2) is 11.6 Å². The monoisotopic (exact) mass is 354 g/mol. The maximum atomic E-state index is 12.5. The molecule has 0 N–H and O–H groups in total. The van der Waals surface area contributed by atoms with Crippen molar-refractivity contribution in [3.8, 4) is 0 Å². The molecule has 0 saturated carbocycles. The second-order valence-electron chi connectivity index (χ2n) is 4.13. The molecule has 2 rings (SSSR count). The zero-order chi connectivity index (χ0) is 15.8. The molecule has 0 fully saturated rings. The van der Waals surface area contributed by atoms with Gasteiger partial charge in [-0.3, -0.25) is 9.59 Å². The second-order valence-corrected chi connectivity index (χ2v) is 4.69. The van der Waals surface area contributed by atoms with Gasteiger partial charge in [-0.15, -0.1) is 0 Å². The number of hydrogen-bond acceptors (Lipinski definition) is 2. The van der Waals surface area contributed by atoms with Gasteiger partial charge in [0.25, 0.3) is 0 Å². The third kappa shape index (κ3) is 5.95. The van der Waals surface area contributed by atoms with Crippen molar-refractivity contribution < 1.29 is 18.4 Å². The van der Waals surface area contributed by atoms with Gasteiger partial charge in [-0.2, -0.15) is 0 Å². The quantitative estimate of drug-likeness (QED) is 0.603. The zero-order valence-corrected chi connectivity index (χ0v) is 12.9. The standard InChI is InChI=1S/C8H6BrFO.C8H7FO/c9-5-8(11)6-2-1-3-7(10)4-6;1-6(10)7-3-2-4-8(9)5-7/h1-4H,5H2;2-5H,1H3. The normalized spacial score (nSPS) is 9.52. The molecule has 0 aliphatic rings. The lowest BCUT2D eigenvalue weighted by molar-refractivity contribution is 0.101. The summed E-state index contributed by atoms with van der Waals surface area (Å²) in [5.41, 5.74) is 0.821. The molecular weight excluding hydrogens is 342 g/mol. The van der Waals surface area contributed by atoms with Crippen molar-refractivity contribution in [2.45, 2.75) is 6.92 Å². The van der Waals surface area contributed by atoms with Crippen LogP contribution in [0.2, 0.25) is 0 Å². The van der Waals surface area contributed by atoms with E-state index in [-0.39, 0.29) is 28.5 Å². The van der Waals surface area contributed by atoms with Gasteiger partial charge in [-0.1, -0.05) is 40.2 Å². The van der Waals surface area contributed by atoms with Crippen LogP contribution in [-0.4, -0.2) is 16.9 Å². The van der Waals surface area contributed by atoms with Crippen LogP contribution in [0.3, 0.4) is 0 Å². The van der Waals surface area contributed by atoms with Crippen LogP contribution in [0.15, 0.2) is 48.5 Å². The molecule has 0 aliphatic carbocycles. The topological polar surface area (TPSA) is 34.1 Å². The van der Waals surface area contributed by atoms with Gasteiger partial charge < -0.3 is 0 Å². The molecule has 0 aliphatic heterocycles. The number of rotatable bonds is 3. The number of halogens is 3. The number of carbonyl (C=O) groups is 2. The van der Waals surface area contributed by atoms with E-state index in [9.17, 15) is 18.4 Å². The minimum atomic E-state index is -0.378. The van der Waals surface area contributed by atoms with E-state index >= 15 is 0 Å². The lowest BCUT2D eigenvalue weighted by Gasteiger charge is -1.94. The highest BCUT2D eigenvalue weighted by molar-refractivity contribution is 9.09. The van der Waals surface area contributed by atoms with Crippen LogP contribution < -0.4 is 0 Å². The summed E-state index contributed by atoms with van der Waals surface area (Å²) in [6.07, 6.45) is 0. The van der Waals surface area contributed by atoms with Crippen molar-refractivity contribution in [2.75, 3.05) is 5.33 Å². The van der Waals surface area contributed by atoms with Crippen LogP contribution in [0, 0.1) is 11.6 Å². The van der Waals surface area contributed by atoms with E-state index in [1.54, 1.807) is 12.1 Å². The van der Waals surface area contributed by atoms with Gasteiger partial charge in [0.05, 0.1) is 5.33 Å². The first-order chi connectivity index (χ1) is 9.93. The summed E-state index contributed by atoms with van der Waals surface area (Å²) in [6.45, 7) is 1.41. The predicted octanol–water partition coefficient (Wildman–Crippen LogP) is 4.43. The fourth-order valence-corrected chi connectivity index (χ4v) is 1.77. The summed E-state index contributed by atoms with van der Waals surface area (Å²) in [6, 6.07) is 11.3. The maximum Gasteiger partial charge on any atom is 0.173 e. The number of hydrogen-bond donors (Lipinski definition) is 0. The molecule has 0 atom stereocenters. The van der Waals surface area contributed by atoms with E-state index in [0.29, 0.717) is 11.1 Å².